The molecule has 0 amide bonds. The highest BCUT2D eigenvalue weighted by Crippen LogP contribution is 2.33. The SMILES string of the molecule is c1cc(NC2CCCc3occc32)cc(-n2ccnc2)c1. The maximum absolute atomic E-state index is 5.55. The van der Waals surface area contributed by atoms with E-state index in [-0.39, 0.29) is 0 Å². The van der Waals surface area contributed by atoms with Gasteiger partial charge in [-0.3, -0.25) is 0 Å². The van der Waals surface area contributed by atoms with Crippen LogP contribution in [0.5, 0.6) is 0 Å². The van der Waals surface area contributed by atoms with Crippen molar-refractivity contribution >= 4 is 5.69 Å². The Morgan fingerprint density at radius 2 is 2.29 bits per heavy atom. The van der Waals surface area contributed by atoms with E-state index in [0.29, 0.717) is 6.04 Å². The van der Waals surface area contributed by atoms with Crippen LogP contribution in [0.3, 0.4) is 0 Å². The summed E-state index contributed by atoms with van der Waals surface area (Å²) in [6.07, 6.45) is 10.7. The van der Waals surface area contributed by atoms with Crippen molar-refractivity contribution in [3.63, 3.8) is 0 Å². The molecule has 1 atom stereocenters. The van der Waals surface area contributed by atoms with E-state index in [9.17, 15) is 0 Å². The molecule has 1 N–H and O–H groups in total. The van der Waals surface area contributed by atoms with Gasteiger partial charge in [0.2, 0.25) is 0 Å². The van der Waals surface area contributed by atoms with E-state index in [1.807, 2.05) is 17.1 Å². The molecular weight excluding hydrogens is 262 g/mol. The number of aromatic nitrogens is 2. The van der Waals surface area contributed by atoms with Gasteiger partial charge in [0, 0.05) is 35.8 Å². The molecule has 1 aromatic carbocycles. The number of aryl methyl sites for hydroxylation is 1. The van der Waals surface area contributed by atoms with Gasteiger partial charge in [-0.2, -0.15) is 0 Å². The first-order valence-corrected chi connectivity index (χ1v) is 7.31. The Morgan fingerprint density at radius 3 is 3.19 bits per heavy atom. The number of imidazole rings is 1. The van der Waals surface area contributed by atoms with Gasteiger partial charge < -0.3 is 14.3 Å². The van der Waals surface area contributed by atoms with Gasteiger partial charge >= 0.3 is 0 Å². The standard InChI is InChI=1S/C17H17N3O/c1-3-13(11-14(4-1)20-9-8-18-12-20)19-16-5-2-6-17-15(16)7-10-21-17/h1,3-4,7-12,16,19H,2,5-6H2. The number of nitrogens with one attached hydrogen (secondary N) is 1. The number of nitrogens with zero attached hydrogens (tertiary/aromatic N) is 2. The molecule has 3 aromatic rings. The third kappa shape index (κ3) is 2.33. The molecule has 4 heteroatoms. The summed E-state index contributed by atoms with van der Waals surface area (Å²) in [5.74, 6) is 1.13. The number of benzene rings is 1. The summed E-state index contributed by atoms with van der Waals surface area (Å²) in [4.78, 5) is 4.10. The summed E-state index contributed by atoms with van der Waals surface area (Å²) in [5, 5.41) is 3.63. The Morgan fingerprint density at radius 1 is 1.29 bits per heavy atom. The van der Waals surface area contributed by atoms with E-state index < -0.39 is 0 Å². The van der Waals surface area contributed by atoms with Gasteiger partial charge in [-0.05, 0) is 37.1 Å². The first-order chi connectivity index (χ1) is 10.4. The van der Waals surface area contributed by atoms with Gasteiger partial charge in [-0.15, -0.1) is 0 Å². The molecule has 0 fully saturated rings. The maximum Gasteiger partial charge on any atom is 0.109 e. The fraction of sp³-hybridized carbons (Fsp3) is 0.235. The van der Waals surface area contributed by atoms with Crippen LogP contribution in [0.1, 0.15) is 30.2 Å². The van der Waals surface area contributed by atoms with E-state index in [1.54, 1.807) is 12.5 Å². The molecule has 2 heterocycles. The van der Waals surface area contributed by atoms with Crippen LogP contribution in [-0.2, 0) is 6.42 Å². The summed E-state index contributed by atoms with van der Waals surface area (Å²) in [6, 6.07) is 10.8. The Labute approximate surface area is 123 Å². The van der Waals surface area contributed by atoms with Gasteiger partial charge in [-0.25, -0.2) is 4.98 Å². The van der Waals surface area contributed by atoms with Gasteiger partial charge in [0.1, 0.15) is 5.76 Å². The lowest BCUT2D eigenvalue weighted by molar-refractivity contribution is 0.461. The van der Waals surface area contributed by atoms with E-state index >= 15 is 0 Å². The Bertz CT molecular complexity index is 730. The van der Waals surface area contributed by atoms with E-state index in [2.05, 4.69) is 40.6 Å². The zero-order valence-corrected chi connectivity index (χ0v) is 11.7. The van der Waals surface area contributed by atoms with Crippen LogP contribution in [0.25, 0.3) is 5.69 Å². The van der Waals surface area contributed by atoms with Gasteiger partial charge in [0.25, 0.3) is 0 Å². The molecule has 106 valence electrons. The molecule has 0 saturated carbocycles. The number of fused-ring (bicyclic) bond motifs is 1. The van der Waals surface area contributed by atoms with Crippen LogP contribution in [0.4, 0.5) is 5.69 Å². The lowest BCUT2D eigenvalue weighted by atomic mass is 9.93. The average molecular weight is 279 g/mol. The van der Waals surface area contributed by atoms with Crippen molar-refractivity contribution in [2.45, 2.75) is 25.3 Å². The van der Waals surface area contributed by atoms with Gasteiger partial charge in [-0.1, -0.05) is 6.07 Å². The van der Waals surface area contributed by atoms with Crippen molar-refractivity contribution < 1.29 is 4.42 Å². The summed E-state index contributed by atoms with van der Waals surface area (Å²) in [7, 11) is 0. The molecule has 4 rings (SSSR count). The molecule has 1 aliphatic carbocycles. The first kappa shape index (κ1) is 12.3. The number of furan rings is 1. The molecule has 0 saturated heterocycles. The van der Waals surface area contributed by atoms with E-state index in [0.717, 1.165) is 30.0 Å². The average Bonchev–Trinajstić information content (AvgIpc) is 3.20. The third-order valence-corrected chi connectivity index (χ3v) is 4.04. The van der Waals surface area contributed by atoms with Crippen LogP contribution in [-0.4, -0.2) is 9.55 Å². The predicted octanol–water partition coefficient (Wildman–Crippen LogP) is 3.95. The molecule has 0 radical (unpaired) electrons. The summed E-state index contributed by atoms with van der Waals surface area (Å²) < 4.78 is 7.56. The molecule has 21 heavy (non-hydrogen) atoms. The highest BCUT2D eigenvalue weighted by Gasteiger charge is 2.22. The van der Waals surface area contributed by atoms with Gasteiger partial charge in [0.05, 0.1) is 18.6 Å². The van der Waals surface area contributed by atoms with Crippen molar-refractivity contribution in [1.29, 1.82) is 0 Å². The molecule has 2 aromatic heterocycles. The molecular formula is C17H17N3O. The van der Waals surface area contributed by atoms with Crippen LogP contribution < -0.4 is 5.32 Å². The smallest absolute Gasteiger partial charge is 0.109 e. The second kappa shape index (κ2) is 5.13. The van der Waals surface area contributed by atoms with E-state index in [4.69, 9.17) is 4.42 Å². The Hall–Kier alpha value is -2.49. The molecule has 0 bridgehead atoms. The fourth-order valence-electron chi connectivity index (χ4n) is 3.01. The zero-order valence-electron chi connectivity index (χ0n) is 11.7. The van der Waals surface area contributed by atoms with E-state index in [1.165, 1.54) is 12.0 Å². The monoisotopic (exact) mass is 279 g/mol. The highest BCUT2D eigenvalue weighted by atomic mass is 16.3. The normalized spacial score (nSPS) is 17.4. The van der Waals surface area contributed by atoms with Crippen LogP contribution in [0.15, 0.2) is 59.7 Å². The summed E-state index contributed by atoms with van der Waals surface area (Å²) in [6.45, 7) is 0. The highest BCUT2D eigenvalue weighted by molar-refractivity contribution is 5.52. The van der Waals surface area contributed by atoms with Crippen molar-refractivity contribution in [1.82, 2.24) is 9.55 Å². The second-order valence-electron chi connectivity index (χ2n) is 5.41. The number of rotatable bonds is 3. The fourth-order valence-corrected chi connectivity index (χ4v) is 3.01. The molecule has 0 spiro atoms. The lowest BCUT2D eigenvalue weighted by Gasteiger charge is -2.24. The second-order valence-corrected chi connectivity index (χ2v) is 5.41. The third-order valence-electron chi connectivity index (χ3n) is 4.04. The Balaban J connectivity index is 1.60. The summed E-state index contributed by atoms with van der Waals surface area (Å²) in [5.41, 5.74) is 3.54. The van der Waals surface area contributed by atoms with Crippen LogP contribution in [0, 0.1) is 0 Å². The summed E-state index contributed by atoms with van der Waals surface area (Å²) >= 11 is 0. The Kier molecular flexibility index (Phi) is 2.99. The van der Waals surface area contributed by atoms with Crippen LogP contribution in [0.2, 0.25) is 0 Å². The number of anilines is 1. The van der Waals surface area contributed by atoms with Crippen molar-refractivity contribution in [2.24, 2.45) is 0 Å². The topological polar surface area (TPSA) is 43.0 Å². The van der Waals surface area contributed by atoms with Gasteiger partial charge in [0.15, 0.2) is 0 Å². The quantitative estimate of drug-likeness (QED) is 0.789. The zero-order chi connectivity index (χ0) is 14.1. The minimum absolute atomic E-state index is 0.338. The minimum atomic E-state index is 0.338. The molecule has 4 nitrogen and oxygen atoms in total. The predicted molar refractivity (Wildman–Crippen MR) is 81.6 cm³/mol. The molecule has 1 aliphatic rings. The number of hydrogen-bond acceptors (Lipinski definition) is 3. The first-order valence-electron chi connectivity index (χ1n) is 7.31. The minimum Gasteiger partial charge on any atom is -0.469 e. The van der Waals surface area contributed by atoms with Crippen LogP contribution >= 0.6 is 0 Å². The maximum atomic E-state index is 5.55. The van der Waals surface area contributed by atoms with Crippen molar-refractivity contribution in [3.05, 3.63) is 66.6 Å². The van der Waals surface area contributed by atoms with Crippen molar-refractivity contribution in [3.8, 4) is 5.69 Å². The molecule has 0 aliphatic heterocycles. The number of hydrogen-bond donors (Lipinski definition) is 1. The van der Waals surface area contributed by atoms with Crippen molar-refractivity contribution in [2.75, 3.05) is 5.32 Å². The molecule has 1 unspecified atom stereocenters. The largest absolute Gasteiger partial charge is 0.469 e. The lowest BCUT2D eigenvalue weighted by Crippen LogP contribution is -2.15.